The van der Waals surface area contributed by atoms with Gasteiger partial charge in [-0.15, -0.1) is 10.2 Å². The van der Waals surface area contributed by atoms with E-state index >= 15 is 0 Å². The van der Waals surface area contributed by atoms with Crippen molar-refractivity contribution < 1.29 is 0 Å². The Morgan fingerprint density at radius 1 is 0.933 bits per heavy atom. The van der Waals surface area contributed by atoms with Crippen LogP contribution in [0.15, 0.2) is 53.0 Å². The molecule has 74 valence electrons. The summed E-state index contributed by atoms with van der Waals surface area (Å²) in [6.45, 7) is 0. The third-order valence-corrected chi connectivity index (χ3v) is 1.68. The van der Waals surface area contributed by atoms with Gasteiger partial charge in [0.05, 0.1) is 18.1 Å². The van der Waals surface area contributed by atoms with Crippen molar-refractivity contribution in [2.75, 3.05) is 5.73 Å². The Kier molecular flexibility index (Phi) is 2.64. The van der Waals surface area contributed by atoms with Gasteiger partial charge in [0.1, 0.15) is 5.82 Å². The van der Waals surface area contributed by atoms with Crippen molar-refractivity contribution in [3.63, 3.8) is 0 Å². The van der Waals surface area contributed by atoms with Crippen LogP contribution in [-0.4, -0.2) is 9.97 Å². The molecule has 2 aromatic rings. The molecule has 0 saturated carbocycles. The number of hydrogen-bond acceptors (Lipinski definition) is 5. The lowest BCUT2D eigenvalue weighted by atomic mass is 10.3. The van der Waals surface area contributed by atoms with Crippen molar-refractivity contribution in [3.8, 4) is 0 Å². The van der Waals surface area contributed by atoms with Gasteiger partial charge in [0.2, 0.25) is 0 Å². The van der Waals surface area contributed by atoms with Crippen LogP contribution < -0.4 is 5.73 Å². The first-order valence-electron chi connectivity index (χ1n) is 4.39. The van der Waals surface area contributed by atoms with Crippen LogP contribution in [-0.2, 0) is 0 Å². The zero-order chi connectivity index (χ0) is 10.5. The minimum Gasteiger partial charge on any atom is -0.382 e. The summed E-state index contributed by atoms with van der Waals surface area (Å²) in [5, 5.41) is 7.90. The van der Waals surface area contributed by atoms with Crippen LogP contribution >= 0.6 is 0 Å². The molecule has 0 atom stereocenters. The van der Waals surface area contributed by atoms with Gasteiger partial charge in [-0.2, -0.15) is 0 Å². The first kappa shape index (κ1) is 9.26. The third kappa shape index (κ3) is 2.57. The number of nitrogens with zero attached hydrogens (tertiary/aromatic N) is 4. The maximum Gasteiger partial charge on any atom is 0.193 e. The van der Waals surface area contributed by atoms with Crippen molar-refractivity contribution in [1.29, 1.82) is 0 Å². The molecule has 5 nitrogen and oxygen atoms in total. The molecule has 15 heavy (non-hydrogen) atoms. The quantitative estimate of drug-likeness (QED) is 0.754. The lowest BCUT2D eigenvalue weighted by Gasteiger charge is -1.92. The Hall–Kier alpha value is -2.30. The van der Waals surface area contributed by atoms with Gasteiger partial charge in [0, 0.05) is 0 Å². The van der Waals surface area contributed by atoms with E-state index in [9.17, 15) is 0 Å². The van der Waals surface area contributed by atoms with Crippen LogP contribution in [0.5, 0.6) is 0 Å². The van der Waals surface area contributed by atoms with Crippen LogP contribution in [0.3, 0.4) is 0 Å². The monoisotopic (exact) mass is 199 g/mol. The number of benzene rings is 1. The lowest BCUT2D eigenvalue weighted by molar-refractivity contribution is 1.11. The van der Waals surface area contributed by atoms with E-state index in [1.807, 2.05) is 30.3 Å². The van der Waals surface area contributed by atoms with E-state index in [4.69, 9.17) is 5.73 Å². The maximum atomic E-state index is 5.39. The van der Waals surface area contributed by atoms with Gasteiger partial charge in [-0.25, -0.2) is 9.97 Å². The minimum absolute atomic E-state index is 0.369. The molecule has 0 bridgehead atoms. The summed E-state index contributed by atoms with van der Waals surface area (Å²) in [6.07, 6.45) is 2.92. The topological polar surface area (TPSA) is 76.5 Å². The Morgan fingerprint density at radius 2 is 1.73 bits per heavy atom. The SMILES string of the molecule is Nc1cnc(N=Nc2ccccc2)cn1. The molecule has 0 aliphatic carbocycles. The highest BCUT2D eigenvalue weighted by Crippen LogP contribution is 2.14. The Bertz CT molecular complexity index is 449. The fourth-order valence-corrected chi connectivity index (χ4v) is 0.986. The minimum atomic E-state index is 0.369. The highest BCUT2D eigenvalue weighted by atomic mass is 15.2. The van der Waals surface area contributed by atoms with E-state index in [0.717, 1.165) is 5.69 Å². The summed E-state index contributed by atoms with van der Waals surface area (Å²) < 4.78 is 0. The fraction of sp³-hybridized carbons (Fsp3) is 0. The van der Waals surface area contributed by atoms with Gasteiger partial charge in [0.15, 0.2) is 5.82 Å². The van der Waals surface area contributed by atoms with Gasteiger partial charge in [-0.3, -0.25) is 0 Å². The normalized spacial score (nSPS) is 10.7. The average Bonchev–Trinajstić information content (AvgIpc) is 2.30. The molecule has 0 radical (unpaired) electrons. The number of hydrogen-bond donors (Lipinski definition) is 1. The molecule has 2 N–H and O–H groups in total. The van der Waals surface area contributed by atoms with E-state index in [1.165, 1.54) is 12.4 Å². The van der Waals surface area contributed by atoms with E-state index in [1.54, 1.807) is 0 Å². The number of nitrogens with two attached hydrogens (primary N) is 1. The molecule has 0 spiro atoms. The molecule has 0 unspecified atom stereocenters. The van der Waals surface area contributed by atoms with Crippen LogP contribution in [0.1, 0.15) is 0 Å². The second kappa shape index (κ2) is 4.28. The number of anilines is 1. The van der Waals surface area contributed by atoms with Crippen molar-refractivity contribution in [2.45, 2.75) is 0 Å². The zero-order valence-electron chi connectivity index (χ0n) is 7.91. The molecular formula is C10H9N5. The highest BCUT2D eigenvalue weighted by Gasteiger charge is 1.91. The number of azo groups is 1. The molecule has 2 rings (SSSR count). The number of nitrogen functional groups attached to an aromatic ring is 1. The van der Waals surface area contributed by atoms with Gasteiger partial charge in [-0.1, -0.05) is 18.2 Å². The van der Waals surface area contributed by atoms with Crippen LogP contribution in [0.4, 0.5) is 17.3 Å². The molecule has 0 fully saturated rings. The van der Waals surface area contributed by atoms with Crippen molar-refractivity contribution >= 4 is 17.3 Å². The molecular weight excluding hydrogens is 190 g/mol. The van der Waals surface area contributed by atoms with E-state index < -0.39 is 0 Å². The van der Waals surface area contributed by atoms with Crippen LogP contribution in [0.25, 0.3) is 0 Å². The maximum absolute atomic E-state index is 5.39. The second-order valence-electron chi connectivity index (χ2n) is 2.84. The van der Waals surface area contributed by atoms with Gasteiger partial charge < -0.3 is 5.73 Å². The predicted octanol–water partition coefficient (Wildman–Crippen LogP) is 2.47. The van der Waals surface area contributed by atoms with Crippen molar-refractivity contribution in [1.82, 2.24) is 9.97 Å². The van der Waals surface area contributed by atoms with E-state index in [2.05, 4.69) is 20.2 Å². The summed E-state index contributed by atoms with van der Waals surface area (Å²) in [5.41, 5.74) is 6.16. The highest BCUT2D eigenvalue weighted by molar-refractivity contribution is 5.36. The summed E-state index contributed by atoms with van der Waals surface area (Å²) in [4.78, 5) is 7.80. The first-order valence-corrected chi connectivity index (χ1v) is 4.39. The summed E-state index contributed by atoms with van der Waals surface area (Å²) in [6, 6.07) is 9.41. The molecule has 1 heterocycles. The van der Waals surface area contributed by atoms with Crippen molar-refractivity contribution in [2.24, 2.45) is 10.2 Å². The smallest absolute Gasteiger partial charge is 0.193 e. The molecule has 5 heteroatoms. The largest absolute Gasteiger partial charge is 0.382 e. The predicted molar refractivity (Wildman–Crippen MR) is 57.1 cm³/mol. The Labute approximate surface area is 86.7 Å². The molecule has 0 saturated heterocycles. The molecule has 0 aliphatic heterocycles. The molecule has 1 aromatic carbocycles. The standard InChI is InChI=1S/C10H9N5/c11-9-6-13-10(7-12-9)15-14-8-4-2-1-3-5-8/h1-7H,(H2,11,12). The first-order chi connectivity index (χ1) is 7.34. The molecule has 1 aromatic heterocycles. The fourth-order valence-electron chi connectivity index (χ4n) is 0.986. The van der Waals surface area contributed by atoms with Crippen molar-refractivity contribution in [3.05, 3.63) is 42.7 Å². The molecule has 0 aliphatic rings. The average molecular weight is 199 g/mol. The summed E-state index contributed by atoms with van der Waals surface area (Å²) >= 11 is 0. The number of rotatable bonds is 2. The van der Waals surface area contributed by atoms with E-state index in [-0.39, 0.29) is 0 Å². The zero-order valence-corrected chi connectivity index (χ0v) is 7.91. The lowest BCUT2D eigenvalue weighted by Crippen LogP contribution is -1.88. The van der Waals surface area contributed by atoms with Gasteiger partial charge >= 0.3 is 0 Å². The summed E-state index contributed by atoms with van der Waals surface area (Å²) in [5.74, 6) is 0.807. The van der Waals surface area contributed by atoms with Crippen LogP contribution in [0.2, 0.25) is 0 Å². The Balaban J connectivity index is 2.15. The van der Waals surface area contributed by atoms with Gasteiger partial charge in [-0.05, 0) is 12.1 Å². The third-order valence-electron chi connectivity index (χ3n) is 1.68. The van der Waals surface area contributed by atoms with Gasteiger partial charge in [0.25, 0.3) is 0 Å². The number of aromatic nitrogens is 2. The Morgan fingerprint density at radius 3 is 2.40 bits per heavy atom. The van der Waals surface area contributed by atoms with Crippen LogP contribution in [0, 0.1) is 0 Å². The summed E-state index contributed by atoms with van der Waals surface area (Å²) in [7, 11) is 0. The molecule has 0 amide bonds. The van der Waals surface area contributed by atoms with E-state index in [0.29, 0.717) is 11.6 Å². The second-order valence-corrected chi connectivity index (χ2v) is 2.84.